The highest BCUT2D eigenvalue weighted by atomic mass is 16.5. The fourth-order valence-electron chi connectivity index (χ4n) is 2.72. The Morgan fingerprint density at radius 1 is 1.00 bits per heavy atom. The molecule has 0 bridgehead atoms. The van der Waals surface area contributed by atoms with Gasteiger partial charge in [-0.15, -0.1) is 0 Å². The van der Waals surface area contributed by atoms with Crippen LogP contribution < -0.4 is 20.3 Å². The molecule has 0 atom stereocenters. The van der Waals surface area contributed by atoms with Crippen LogP contribution in [0.15, 0.2) is 60.8 Å². The first-order valence-corrected chi connectivity index (χ1v) is 8.93. The van der Waals surface area contributed by atoms with Crippen LogP contribution in [0.5, 0.6) is 5.75 Å². The molecule has 3 rings (SSSR count). The lowest BCUT2D eigenvalue weighted by Crippen LogP contribution is -2.14. The smallest absolute Gasteiger partial charge is 0.274 e. The molecule has 0 radical (unpaired) electrons. The van der Waals surface area contributed by atoms with E-state index in [0.29, 0.717) is 5.69 Å². The number of hydrogen-bond donors (Lipinski definition) is 2. The van der Waals surface area contributed by atoms with Crippen molar-refractivity contribution in [3.63, 3.8) is 0 Å². The summed E-state index contributed by atoms with van der Waals surface area (Å²) in [5.74, 6) is 0.492. The lowest BCUT2D eigenvalue weighted by atomic mass is 10.2. The van der Waals surface area contributed by atoms with E-state index in [1.165, 1.54) is 0 Å². The van der Waals surface area contributed by atoms with Gasteiger partial charge in [0.05, 0.1) is 24.7 Å². The number of carbonyl (C=O) groups excluding carboxylic acids is 1. The number of hydrogen-bond acceptors (Lipinski definition) is 5. The van der Waals surface area contributed by atoms with Gasteiger partial charge in [0.2, 0.25) is 0 Å². The van der Waals surface area contributed by atoms with Crippen LogP contribution in [0.25, 0.3) is 0 Å². The maximum atomic E-state index is 12.4. The maximum Gasteiger partial charge on any atom is 0.274 e. The van der Waals surface area contributed by atoms with Crippen LogP contribution >= 0.6 is 0 Å². The van der Waals surface area contributed by atoms with E-state index in [1.807, 2.05) is 74.4 Å². The van der Waals surface area contributed by atoms with Crippen LogP contribution in [-0.4, -0.2) is 32.1 Å². The zero-order valence-electron chi connectivity index (χ0n) is 16.5. The minimum Gasteiger partial charge on any atom is -0.495 e. The van der Waals surface area contributed by atoms with Crippen molar-refractivity contribution in [2.45, 2.75) is 6.92 Å². The lowest BCUT2D eigenvalue weighted by Gasteiger charge is -2.13. The Balaban J connectivity index is 1.68. The minimum absolute atomic E-state index is 0.253. The summed E-state index contributed by atoms with van der Waals surface area (Å²) in [5, 5.41) is 6.13. The van der Waals surface area contributed by atoms with Crippen LogP contribution in [0.1, 0.15) is 16.1 Å². The molecule has 0 fully saturated rings. The summed E-state index contributed by atoms with van der Waals surface area (Å²) in [5.41, 5.74) is 4.88. The normalized spacial score (nSPS) is 10.3. The van der Waals surface area contributed by atoms with Gasteiger partial charge in [-0.25, -0.2) is 4.98 Å². The molecule has 3 aromatic rings. The quantitative estimate of drug-likeness (QED) is 0.665. The molecule has 1 aromatic heterocycles. The number of nitrogens with zero attached hydrogens (tertiary/aromatic N) is 2. The molecule has 0 spiro atoms. The molecule has 0 aliphatic rings. The molecule has 1 amide bonds. The third-order valence-corrected chi connectivity index (χ3v) is 4.27. The fraction of sp³-hybridized carbons (Fsp3) is 0.182. The van der Waals surface area contributed by atoms with Crippen LogP contribution in [0.3, 0.4) is 0 Å². The predicted octanol–water partition coefficient (Wildman–Crippen LogP) is 4.46. The fourth-order valence-corrected chi connectivity index (χ4v) is 2.72. The number of ether oxygens (including phenoxy) is 1. The van der Waals surface area contributed by atoms with Crippen LogP contribution in [0.2, 0.25) is 0 Å². The van der Waals surface area contributed by atoms with E-state index in [9.17, 15) is 4.79 Å². The maximum absolute atomic E-state index is 12.4. The average Bonchev–Trinajstić information content (AvgIpc) is 2.69. The highest BCUT2D eigenvalue weighted by Crippen LogP contribution is 2.28. The molecule has 0 saturated carbocycles. The number of benzene rings is 2. The van der Waals surface area contributed by atoms with Crippen LogP contribution in [-0.2, 0) is 0 Å². The summed E-state index contributed by atoms with van der Waals surface area (Å²) in [4.78, 5) is 18.7. The third kappa shape index (κ3) is 4.59. The summed E-state index contributed by atoms with van der Waals surface area (Å²) >= 11 is 0. The molecule has 2 aromatic carbocycles. The highest BCUT2D eigenvalue weighted by molar-refractivity contribution is 6.03. The largest absolute Gasteiger partial charge is 0.495 e. The number of anilines is 4. The van der Waals surface area contributed by atoms with Gasteiger partial charge in [-0.2, -0.15) is 0 Å². The second-order valence-electron chi connectivity index (χ2n) is 6.66. The number of amides is 1. The molecule has 0 aliphatic heterocycles. The van der Waals surface area contributed by atoms with Gasteiger partial charge in [-0.1, -0.05) is 6.07 Å². The first-order chi connectivity index (χ1) is 13.5. The molecule has 0 aliphatic carbocycles. The molecular weight excluding hydrogens is 352 g/mol. The predicted molar refractivity (Wildman–Crippen MR) is 114 cm³/mol. The monoisotopic (exact) mass is 376 g/mol. The van der Waals surface area contributed by atoms with Gasteiger partial charge in [0, 0.05) is 25.5 Å². The number of rotatable bonds is 6. The Morgan fingerprint density at radius 3 is 2.32 bits per heavy atom. The van der Waals surface area contributed by atoms with Crippen molar-refractivity contribution in [3.05, 3.63) is 72.1 Å². The van der Waals surface area contributed by atoms with Crippen molar-refractivity contribution in [3.8, 4) is 5.75 Å². The van der Waals surface area contributed by atoms with Gasteiger partial charge in [-0.3, -0.25) is 4.79 Å². The summed E-state index contributed by atoms with van der Waals surface area (Å²) in [6, 6.07) is 17.0. The van der Waals surface area contributed by atoms with Crippen molar-refractivity contribution >= 4 is 28.7 Å². The van der Waals surface area contributed by atoms with Crippen molar-refractivity contribution in [2.75, 3.05) is 36.7 Å². The molecule has 28 heavy (non-hydrogen) atoms. The van der Waals surface area contributed by atoms with Gasteiger partial charge in [0.25, 0.3) is 5.91 Å². The number of nitrogens with one attached hydrogen (secondary N) is 2. The van der Waals surface area contributed by atoms with Gasteiger partial charge in [-0.05, 0) is 61.0 Å². The zero-order valence-corrected chi connectivity index (χ0v) is 16.5. The number of aromatic nitrogens is 1. The van der Waals surface area contributed by atoms with E-state index in [0.717, 1.165) is 34.1 Å². The molecule has 6 heteroatoms. The summed E-state index contributed by atoms with van der Waals surface area (Å²) < 4.78 is 5.37. The SMILES string of the molecule is COc1ccc(C)cc1Nc1ccc(C(=O)Nc2ccc(N(C)C)cc2)nc1. The summed E-state index contributed by atoms with van der Waals surface area (Å²) in [6.45, 7) is 2.02. The van der Waals surface area contributed by atoms with Gasteiger partial charge < -0.3 is 20.3 Å². The number of methoxy groups -OCH3 is 1. The van der Waals surface area contributed by atoms with Crippen molar-refractivity contribution in [1.82, 2.24) is 4.98 Å². The molecule has 144 valence electrons. The van der Waals surface area contributed by atoms with Crippen LogP contribution in [0.4, 0.5) is 22.7 Å². The first kappa shape index (κ1) is 19.2. The lowest BCUT2D eigenvalue weighted by molar-refractivity contribution is 0.102. The minimum atomic E-state index is -0.253. The van der Waals surface area contributed by atoms with E-state index in [2.05, 4.69) is 15.6 Å². The van der Waals surface area contributed by atoms with E-state index >= 15 is 0 Å². The third-order valence-electron chi connectivity index (χ3n) is 4.27. The Bertz CT molecular complexity index is 951. The average molecular weight is 376 g/mol. The molecule has 1 heterocycles. The van der Waals surface area contributed by atoms with E-state index in [-0.39, 0.29) is 5.91 Å². The van der Waals surface area contributed by atoms with Gasteiger partial charge in [0.15, 0.2) is 0 Å². The van der Waals surface area contributed by atoms with Gasteiger partial charge >= 0.3 is 0 Å². The molecule has 6 nitrogen and oxygen atoms in total. The Hall–Kier alpha value is -3.54. The number of aryl methyl sites for hydroxylation is 1. The van der Waals surface area contributed by atoms with E-state index in [4.69, 9.17) is 4.74 Å². The zero-order chi connectivity index (χ0) is 20.1. The molecule has 2 N–H and O–H groups in total. The highest BCUT2D eigenvalue weighted by Gasteiger charge is 2.09. The second kappa shape index (κ2) is 8.43. The van der Waals surface area contributed by atoms with E-state index < -0.39 is 0 Å². The molecule has 0 unspecified atom stereocenters. The first-order valence-electron chi connectivity index (χ1n) is 8.93. The van der Waals surface area contributed by atoms with Crippen molar-refractivity contribution < 1.29 is 9.53 Å². The Kier molecular flexibility index (Phi) is 5.79. The number of pyridine rings is 1. The molecular formula is C22H24N4O2. The summed E-state index contributed by atoms with van der Waals surface area (Å²) in [7, 11) is 5.57. The number of carbonyl (C=O) groups is 1. The van der Waals surface area contributed by atoms with Gasteiger partial charge in [0.1, 0.15) is 11.4 Å². The Labute approximate surface area is 165 Å². The van der Waals surface area contributed by atoms with Crippen molar-refractivity contribution in [1.29, 1.82) is 0 Å². The van der Waals surface area contributed by atoms with E-state index in [1.54, 1.807) is 19.4 Å². The van der Waals surface area contributed by atoms with Crippen LogP contribution in [0, 0.1) is 6.92 Å². The standard InChI is InChI=1S/C22H24N4O2/c1-15-5-12-21(28-4)20(13-15)24-17-8-11-19(23-14-17)22(27)25-16-6-9-18(10-7-16)26(2)3/h5-14,24H,1-4H3,(H,25,27). The van der Waals surface area contributed by atoms with Crippen molar-refractivity contribution in [2.24, 2.45) is 0 Å². The topological polar surface area (TPSA) is 66.5 Å². The Morgan fingerprint density at radius 2 is 1.71 bits per heavy atom. The summed E-state index contributed by atoms with van der Waals surface area (Å²) in [6.07, 6.45) is 1.63. The molecule has 0 saturated heterocycles. The second-order valence-corrected chi connectivity index (χ2v) is 6.66.